The quantitative estimate of drug-likeness (QED) is 0.409. The van der Waals surface area contributed by atoms with E-state index in [-0.39, 0.29) is 28.2 Å². The van der Waals surface area contributed by atoms with Crippen LogP contribution in [0.25, 0.3) is 0 Å². The summed E-state index contributed by atoms with van der Waals surface area (Å²) in [5.74, 6) is -1.01. The molecule has 1 aliphatic carbocycles. The van der Waals surface area contributed by atoms with Gasteiger partial charge in [-0.3, -0.25) is 13.9 Å². The molecule has 1 saturated carbocycles. The molecule has 0 bridgehead atoms. The first kappa shape index (κ1) is 27.1. The lowest BCUT2D eigenvalue weighted by Gasteiger charge is -2.25. The molecule has 0 aliphatic heterocycles. The largest absolute Gasteiger partial charge is 0.497 e. The van der Waals surface area contributed by atoms with Gasteiger partial charge in [-0.05, 0) is 73.5 Å². The van der Waals surface area contributed by atoms with Gasteiger partial charge in [0, 0.05) is 6.04 Å². The van der Waals surface area contributed by atoms with Gasteiger partial charge in [0.15, 0.2) is 0 Å². The van der Waals surface area contributed by atoms with E-state index in [1.54, 1.807) is 36.4 Å². The van der Waals surface area contributed by atoms with Crippen molar-refractivity contribution in [3.8, 4) is 5.75 Å². The predicted octanol–water partition coefficient (Wildman–Crippen LogP) is 4.73. The van der Waals surface area contributed by atoms with E-state index in [0.29, 0.717) is 11.3 Å². The molecule has 8 nitrogen and oxygen atoms in total. The normalized spacial score (nSPS) is 13.9. The third kappa shape index (κ3) is 6.49. The van der Waals surface area contributed by atoms with Gasteiger partial charge in [0.2, 0.25) is 5.91 Å². The topological polar surface area (TPSA) is 105 Å². The fraction of sp³-hybridized carbons (Fsp3) is 0.286. The van der Waals surface area contributed by atoms with E-state index in [2.05, 4.69) is 10.6 Å². The van der Waals surface area contributed by atoms with Gasteiger partial charge < -0.3 is 15.4 Å². The van der Waals surface area contributed by atoms with Gasteiger partial charge in [-0.25, -0.2) is 12.8 Å². The highest BCUT2D eigenvalue weighted by Gasteiger charge is 2.28. The Hall–Kier alpha value is -3.92. The van der Waals surface area contributed by atoms with E-state index in [0.717, 1.165) is 60.7 Å². The van der Waals surface area contributed by atoms with Gasteiger partial charge >= 0.3 is 0 Å². The molecular formula is C28H30FN3O5S. The molecule has 1 aliphatic rings. The molecule has 200 valence electrons. The Kier molecular flexibility index (Phi) is 8.62. The summed E-state index contributed by atoms with van der Waals surface area (Å²) in [5, 5.41) is 5.73. The summed E-state index contributed by atoms with van der Waals surface area (Å²) in [5.41, 5.74) is 0.789. The molecular weight excluding hydrogens is 509 g/mol. The van der Waals surface area contributed by atoms with Gasteiger partial charge in [-0.15, -0.1) is 0 Å². The van der Waals surface area contributed by atoms with E-state index < -0.39 is 28.3 Å². The van der Waals surface area contributed by atoms with Crippen LogP contribution in [0.4, 0.5) is 15.8 Å². The molecule has 3 aromatic carbocycles. The van der Waals surface area contributed by atoms with Crippen LogP contribution in [0.5, 0.6) is 5.75 Å². The number of amides is 2. The van der Waals surface area contributed by atoms with Gasteiger partial charge in [-0.1, -0.05) is 31.4 Å². The highest BCUT2D eigenvalue weighted by molar-refractivity contribution is 7.92. The van der Waals surface area contributed by atoms with E-state index in [1.165, 1.54) is 19.2 Å². The molecule has 0 heterocycles. The van der Waals surface area contributed by atoms with E-state index >= 15 is 0 Å². The molecule has 10 heteroatoms. The smallest absolute Gasteiger partial charge is 0.264 e. The molecule has 1 fully saturated rings. The highest BCUT2D eigenvalue weighted by Crippen LogP contribution is 2.27. The summed E-state index contributed by atoms with van der Waals surface area (Å²) >= 11 is 0. The number of anilines is 2. The lowest BCUT2D eigenvalue weighted by Crippen LogP contribution is -2.39. The van der Waals surface area contributed by atoms with Crippen LogP contribution in [0.1, 0.15) is 42.5 Å². The molecule has 0 radical (unpaired) electrons. The second kappa shape index (κ2) is 12.1. The second-order valence-electron chi connectivity index (χ2n) is 9.07. The first-order valence-electron chi connectivity index (χ1n) is 12.4. The van der Waals surface area contributed by atoms with Crippen LogP contribution in [0, 0.1) is 5.82 Å². The average Bonchev–Trinajstić information content (AvgIpc) is 2.93. The van der Waals surface area contributed by atoms with Crippen molar-refractivity contribution in [1.82, 2.24) is 5.32 Å². The minimum atomic E-state index is -4.24. The zero-order chi connectivity index (χ0) is 27.1. The third-order valence-electron chi connectivity index (χ3n) is 6.44. The van der Waals surface area contributed by atoms with Crippen LogP contribution in [0.3, 0.4) is 0 Å². The van der Waals surface area contributed by atoms with Gasteiger partial charge in [0.25, 0.3) is 15.9 Å². The maximum Gasteiger partial charge on any atom is 0.264 e. The van der Waals surface area contributed by atoms with Crippen LogP contribution >= 0.6 is 0 Å². The van der Waals surface area contributed by atoms with Gasteiger partial charge in [0.1, 0.15) is 18.1 Å². The van der Waals surface area contributed by atoms with E-state index in [9.17, 15) is 22.4 Å². The number of ether oxygens (including phenoxy) is 1. The molecule has 0 saturated heterocycles. The minimum absolute atomic E-state index is 0.0893. The molecule has 0 aromatic heterocycles. The van der Waals surface area contributed by atoms with Crippen LogP contribution in [-0.4, -0.2) is 39.9 Å². The Morgan fingerprint density at radius 1 is 0.947 bits per heavy atom. The maximum absolute atomic E-state index is 13.5. The van der Waals surface area contributed by atoms with E-state index in [4.69, 9.17) is 4.74 Å². The number of rotatable bonds is 9. The maximum atomic E-state index is 13.5. The first-order chi connectivity index (χ1) is 18.3. The number of nitrogens with zero attached hydrogens (tertiary/aromatic N) is 1. The molecule has 4 rings (SSSR count). The number of methoxy groups -OCH3 is 1. The van der Waals surface area contributed by atoms with Crippen LogP contribution in [-0.2, 0) is 14.8 Å². The van der Waals surface area contributed by atoms with Crippen molar-refractivity contribution >= 4 is 33.2 Å². The van der Waals surface area contributed by atoms with Crippen molar-refractivity contribution in [2.75, 3.05) is 23.3 Å². The third-order valence-corrected chi connectivity index (χ3v) is 8.22. The number of carbonyl (C=O) groups is 2. The predicted molar refractivity (Wildman–Crippen MR) is 143 cm³/mol. The molecule has 38 heavy (non-hydrogen) atoms. The first-order valence-corrected chi connectivity index (χ1v) is 13.8. The summed E-state index contributed by atoms with van der Waals surface area (Å²) < 4.78 is 46.6. The van der Waals surface area contributed by atoms with Gasteiger partial charge in [-0.2, -0.15) is 0 Å². The molecule has 0 atom stereocenters. The Bertz CT molecular complexity index is 1370. The summed E-state index contributed by atoms with van der Waals surface area (Å²) in [6, 6.07) is 17.2. The Morgan fingerprint density at radius 3 is 2.26 bits per heavy atom. The lowest BCUT2D eigenvalue weighted by molar-refractivity contribution is -0.114. The Balaban J connectivity index is 1.58. The van der Waals surface area contributed by atoms with Crippen molar-refractivity contribution < 1.29 is 27.1 Å². The molecule has 0 spiro atoms. The number of para-hydroxylation sites is 1. The number of benzene rings is 3. The molecule has 0 unspecified atom stereocenters. The van der Waals surface area contributed by atoms with Crippen LogP contribution in [0.2, 0.25) is 0 Å². The average molecular weight is 540 g/mol. The van der Waals surface area contributed by atoms with Crippen molar-refractivity contribution in [1.29, 1.82) is 0 Å². The number of carbonyl (C=O) groups excluding carboxylic acids is 2. The fourth-order valence-electron chi connectivity index (χ4n) is 4.42. The molecule has 3 aromatic rings. The number of hydrogen-bond donors (Lipinski definition) is 2. The van der Waals surface area contributed by atoms with E-state index in [1.807, 2.05) is 0 Å². The second-order valence-corrected chi connectivity index (χ2v) is 10.9. The highest BCUT2D eigenvalue weighted by atomic mass is 32.2. The van der Waals surface area contributed by atoms with Crippen LogP contribution < -0.4 is 19.7 Å². The van der Waals surface area contributed by atoms with Crippen LogP contribution in [0.15, 0.2) is 77.7 Å². The van der Waals surface area contributed by atoms with Crippen molar-refractivity contribution in [3.63, 3.8) is 0 Å². The standard InChI is InChI=1S/C28H30FN3O5S/c1-37-23-15-13-22(14-16-23)32(38(35,36)24-17-11-20(29)12-18-24)19-27(33)31-26-10-6-5-9-25(26)28(34)30-21-7-3-2-4-8-21/h5-6,9-18,21H,2-4,7-8,19H2,1H3,(H,30,34)(H,31,33). The SMILES string of the molecule is COc1ccc(N(CC(=O)Nc2ccccc2C(=O)NC2CCCCC2)S(=O)(=O)c2ccc(F)cc2)cc1. The number of hydrogen-bond acceptors (Lipinski definition) is 5. The summed E-state index contributed by atoms with van der Waals surface area (Å²) in [6.07, 6.45) is 5.11. The summed E-state index contributed by atoms with van der Waals surface area (Å²) in [6.45, 7) is -0.579. The zero-order valence-corrected chi connectivity index (χ0v) is 21.8. The summed E-state index contributed by atoms with van der Waals surface area (Å²) in [4.78, 5) is 26.0. The zero-order valence-electron chi connectivity index (χ0n) is 21.0. The number of sulfonamides is 1. The van der Waals surface area contributed by atoms with Gasteiger partial charge in [0.05, 0.1) is 28.9 Å². The molecule has 2 N–H and O–H groups in total. The fourth-order valence-corrected chi connectivity index (χ4v) is 5.84. The Labute approximate surface area is 221 Å². The number of nitrogens with one attached hydrogen (secondary N) is 2. The van der Waals surface area contributed by atoms with Crippen molar-refractivity contribution in [2.24, 2.45) is 0 Å². The van der Waals surface area contributed by atoms with Crippen molar-refractivity contribution in [2.45, 2.75) is 43.0 Å². The minimum Gasteiger partial charge on any atom is -0.497 e. The monoisotopic (exact) mass is 539 g/mol. The lowest BCUT2D eigenvalue weighted by atomic mass is 9.95. The Morgan fingerprint density at radius 2 is 1.61 bits per heavy atom. The van der Waals surface area contributed by atoms with Crippen molar-refractivity contribution in [3.05, 3.63) is 84.2 Å². The summed E-state index contributed by atoms with van der Waals surface area (Å²) in [7, 11) is -2.75. The molecule has 2 amide bonds. The number of halogens is 1.